The van der Waals surface area contributed by atoms with Crippen molar-refractivity contribution in [2.75, 3.05) is 6.61 Å². The van der Waals surface area contributed by atoms with E-state index in [9.17, 15) is 14.4 Å². The van der Waals surface area contributed by atoms with E-state index < -0.39 is 12.0 Å². The number of ether oxygens (including phenoxy) is 2. The van der Waals surface area contributed by atoms with Crippen molar-refractivity contribution < 1.29 is 27.9 Å². The molecule has 0 saturated carbocycles. The molecule has 4 rings (SSSR count). The number of aryl methyl sites for hydroxylation is 1. The Bertz CT molecular complexity index is 1040. The van der Waals surface area contributed by atoms with Gasteiger partial charge in [-0.3, -0.25) is 4.79 Å². The second kappa shape index (κ2) is 12.0. The maximum absolute atomic E-state index is 11.1. The van der Waals surface area contributed by atoms with Gasteiger partial charge in [-0.15, -0.1) is 0 Å². The normalized spacial score (nSPS) is 14.5. The fourth-order valence-electron chi connectivity index (χ4n) is 2.31. The average molecular weight is 424 g/mol. The maximum Gasteiger partial charge on any atom is 0.518 e. The van der Waals surface area contributed by atoms with Crippen LogP contribution < -0.4 is 5.82 Å². The standard InChI is InChI=1S/C16H14O.C4H6O3.C4H4O3/c1-13(17)16-11-9-15(10-12-16)8-7-14-5-3-2-4-6-14;2*1-3-2-6-4(5)7-3/h2-12H,1H3;3H,2H2,1H3;2H,1H3/b8-7+;;. The van der Waals surface area contributed by atoms with Gasteiger partial charge in [0.1, 0.15) is 24.7 Å². The first kappa shape index (κ1) is 23.4. The molecule has 1 unspecified atom stereocenters. The Hall–Kier alpha value is -3.87. The van der Waals surface area contributed by atoms with Crippen LogP contribution in [0.2, 0.25) is 0 Å². The van der Waals surface area contributed by atoms with Gasteiger partial charge in [-0.2, -0.15) is 0 Å². The first-order chi connectivity index (χ1) is 14.8. The van der Waals surface area contributed by atoms with Crippen molar-refractivity contribution in [3.05, 3.63) is 93.9 Å². The van der Waals surface area contributed by atoms with Gasteiger partial charge in [0.15, 0.2) is 5.78 Å². The SMILES string of the molecule is CC(=O)c1ccc(/C=C/c2ccccc2)cc1.CC1COC(=O)O1.Cc1coc(=O)o1. The number of hydrogen-bond donors (Lipinski definition) is 0. The van der Waals surface area contributed by atoms with Gasteiger partial charge in [0.25, 0.3) is 0 Å². The summed E-state index contributed by atoms with van der Waals surface area (Å²) in [7, 11) is 0. The van der Waals surface area contributed by atoms with Crippen molar-refractivity contribution in [3.63, 3.8) is 0 Å². The molecule has 162 valence electrons. The van der Waals surface area contributed by atoms with Crippen LogP contribution in [0.25, 0.3) is 12.2 Å². The molecule has 0 radical (unpaired) electrons. The van der Waals surface area contributed by atoms with Gasteiger partial charge in [-0.05, 0) is 31.9 Å². The molecule has 0 aliphatic carbocycles. The molecule has 2 heterocycles. The number of Topliss-reactive ketones (excluding diaryl/α,β-unsaturated/α-hetero) is 1. The van der Waals surface area contributed by atoms with Gasteiger partial charge in [0.2, 0.25) is 0 Å². The monoisotopic (exact) mass is 424 g/mol. The average Bonchev–Trinajstić information content (AvgIpc) is 3.34. The van der Waals surface area contributed by atoms with E-state index >= 15 is 0 Å². The highest BCUT2D eigenvalue weighted by atomic mass is 16.8. The molecule has 1 aromatic heterocycles. The molecule has 1 saturated heterocycles. The summed E-state index contributed by atoms with van der Waals surface area (Å²) in [6.07, 6.45) is 4.77. The third-order valence-corrected chi connectivity index (χ3v) is 3.88. The van der Waals surface area contributed by atoms with Gasteiger partial charge >= 0.3 is 12.0 Å². The van der Waals surface area contributed by atoms with Crippen molar-refractivity contribution in [2.45, 2.75) is 26.9 Å². The Kier molecular flexibility index (Phi) is 9.04. The maximum atomic E-state index is 11.1. The van der Waals surface area contributed by atoms with Crippen LogP contribution in [0.4, 0.5) is 4.79 Å². The molecule has 2 aromatic carbocycles. The molecular weight excluding hydrogens is 400 g/mol. The predicted molar refractivity (Wildman–Crippen MR) is 116 cm³/mol. The van der Waals surface area contributed by atoms with Crippen molar-refractivity contribution in [1.82, 2.24) is 0 Å². The Morgan fingerprint density at radius 2 is 1.58 bits per heavy atom. The van der Waals surface area contributed by atoms with E-state index in [0.717, 1.165) is 11.1 Å². The smallest absolute Gasteiger partial charge is 0.430 e. The zero-order valence-corrected chi connectivity index (χ0v) is 17.6. The molecule has 0 amide bonds. The van der Waals surface area contributed by atoms with Crippen LogP contribution in [-0.2, 0) is 9.47 Å². The summed E-state index contributed by atoms with van der Waals surface area (Å²) in [5.74, 6) is -0.0360. The molecule has 1 aliphatic heterocycles. The van der Waals surface area contributed by atoms with E-state index in [2.05, 4.69) is 36.5 Å². The summed E-state index contributed by atoms with van der Waals surface area (Å²) >= 11 is 0. The van der Waals surface area contributed by atoms with Gasteiger partial charge in [-0.1, -0.05) is 66.7 Å². The van der Waals surface area contributed by atoms with E-state index in [4.69, 9.17) is 0 Å². The van der Waals surface area contributed by atoms with Crippen LogP contribution in [0.1, 0.15) is 41.1 Å². The number of carbonyl (C=O) groups excluding carboxylic acids is 2. The quantitative estimate of drug-likeness (QED) is 0.326. The van der Waals surface area contributed by atoms with E-state index in [1.807, 2.05) is 48.5 Å². The molecule has 3 aromatic rings. The second-order valence-electron chi connectivity index (χ2n) is 6.61. The highest BCUT2D eigenvalue weighted by Crippen LogP contribution is 2.10. The molecule has 0 spiro atoms. The van der Waals surface area contributed by atoms with Gasteiger partial charge < -0.3 is 18.3 Å². The third kappa shape index (κ3) is 8.99. The molecule has 1 aliphatic rings. The molecule has 31 heavy (non-hydrogen) atoms. The summed E-state index contributed by atoms with van der Waals surface area (Å²) in [6, 6.07) is 17.8. The summed E-state index contributed by atoms with van der Waals surface area (Å²) in [4.78, 5) is 31.1. The fraction of sp³-hybridized carbons (Fsp3) is 0.208. The fourth-order valence-corrected chi connectivity index (χ4v) is 2.31. The zero-order valence-electron chi connectivity index (χ0n) is 17.6. The Balaban J connectivity index is 0.000000199. The first-order valence-electron chi connectivity index (χ1n) is 9.56. The van der Waals surface area contributed by atoms with Crippen LogP contribution in [0.5, 0.6) is 0 Å². The minimum absolute atomic E-state index is 0.0486. The molecule has 7 heteroatoms. The number of benzene rings is 2. The van der Waals surface area contributed by atoms with Crippen LogP contribution in [0.15, 0.2) is 74.5 Å². The molecule has 0 N–H and O–H groups in total. The third-order valence-electron chi connectivity index (χ3n) is 3.88. The summed E-state index contributed by atoms with van der Waals surface area (Å²) in [6.45, 7) is 5.41. The second-order valence-corrected chi connectivity index (χ2v) is 6.61. The van der Waals surface area contributed by atoms with Crippen molar-refractivity contribution in [1.29, 1.82) is 0 Å². The Morgan fingerprint density at radius 3 is 1.94 bits per heavy atom. The lowest BCUT2D eigenvalue weighted by atomic mass is 10.1. The number of cyclic esters (lactones) is 2. The van der Waals surface area contributed by atoms with Crippen LogP contribution >= 0.6 is 0 Å². The van der Waals surface area contributed by atoms with Crippen LogP contribution in [0.3, 0.4) is 0 Å². The summed E-state index contributed by atoms with van der Waals surface area (Å²) in [5.41, 5.74) is 3.02. The van der Waals surface area contributed by atoms with Crippen LogP contribution in [0, 0.1) is 6.92 Å². The molecule has 0 bridgehead atoms. The van der Waals surface area contributed by atoms with Gasteiger partial charge in [0, 0.05) is 5.56 Å². The topological polar surface area (TPSA) is 96.0 Å². The van der Waals surface area contributed by atoms with E-state index in [0.29, 0.717) is 12.4 Å². The Labute approximate surface area is 179 Å². The van der Waals surface area contributed by atoms with E-state index in [1.54, 1.807) is 20.8 Å². The van der Waals surface area contributed by atoms with Crippen LogP contribution in [-0.4, -0.2) is 24.6 Å². The lowest BCUT2D eigenvalue weighted by molar-refractivity contribution is 0.101. The number of rotatable bonds is 3. The van der Waals surface area contributed by atoms with E-state index in [1.165, 1.54) is 11.8 Å². The lowest BCUT2D eigenvalue weighted by Gasteiger charge is -1.97. The number of hydrogen-bond acceptors (Lipinski definition) is 7. The minimum Gasteiger partial charge on any atom is -0.430 e. The van der Waals surface area contributed by atoms with Crippen molar-refractivity contribution in [3.8, 4) is 0 Å². The first-order valence-corrected chi connectivity index (χ1v) is 9.56. The minimum atomic E-state index is -0.641. The van der Waals surface area contributed by atoms with Gasteiger partial charge in [-0.25, -0.2) is 9.59 Å². The molecular formula is C24H24O7. The van der Waals surface area contributed by atoms with Gasteiger partial charge in [0.05, 0.1) is 0 Å². The summed E-state index contributed by atoms with van der Waals surface area (Å²) < 4.78 is 17.5. The predicted octanol–water partition coefficient (Wildman–Crippen LogP) is 5.14. The summed E-state index contributed by atoms with van der Waals surface area (Å²) in [5, 5.41) is 0. The highest BCUT2D eigenvalue weighted by Gasteiger charge is 2.19. The zero-order chi connectivity index (χ0) is 22.6. The highest BCUT2D eigenvalue weighted by molar-refractivity contribution is 5.94. The Morgan fingerprint density at radius 1 is 0.968 bits per heavy atom. The number of carbonyl (C=O) groups is 2. The molecule has 7 nitrogen and oxygen atoms in total. The molecule has 1 atom stereocenters. The van der Waals surface area contributed by atoms with E-state index in [-0.39, 0.29) is 11.9 Å². The number of ketones is 1. The van der Waals surface area contributed by atoms with Crippen molar-refractivity contribution in [2.24, 2.45) is 0 Å². The largest absolute Gasteiger partial charge is 0.518 e. The van der Waals surface area contributed by atoms with Crippen molar-refractivity contribution >= 4 is 24.1 Å². The lowest BCUT2D eigenvalue weighted by Crippen LogP contribution is -2.01. The molecule has 1 fully saturated rings.